The number of hydrogen-bond acceptors (Lipinski definition) is 7. The van der Waals surface area contributed by atoms with Gasteiger partial charge in [0.05, 0.1) is 23.6 Å². The number of sulfonamides is 1. The molecule has 1 aromatic heterocycles. The molecule has 0 unspecified atom stereocenters. The van der Waals surface area contributed by atoms with Crippen molar-refractivity contribution < 1.29 is 13.2 Å². The van der Waals surface area contributed by atoms with Gasteiger partial charge in [0.15, 0.2) is 5.82 Å². The Balaban J connectivity index is 1.52. The number of anilines is 5. The second-order valence-corrected chi connectivity index (χ2v) is 10.6. The maximum atomic E-state index is 12.2. The molecule has 1 aliphatic rings. The van der Waals surface area contributed by atoms with Gasteiger partial charge in [-0.25, -0.2) is 13.4 Å². The second-order valence-electron chi connectivity index (χ2n) is 7.82. The molecule has 4 rings (SSSR count). The number of nitrogens with one attached hydrogen (secondary N) is 3. The van der Waals surface area contributed by atoms with Crippen LogP contribution in [0, 0.1) is 13.8 Å². The number of aryl methyl sites for hydroxylation is 2. The minimum atomic E-state index is -3.32. The zero-order valence-electron chi connectivity index (χ0n) is 18.2. The molecule has 0 aliphatic heterocycles. The van der Waals surface area contributed by atoms with Crippen molar-refractivity contribution in [2.75, 3.05) is 22.5 Å². The average Bonchev–Trinajstić information content (AvgIpc) is 3.58. The SMILES string of the molecule is COc1c(C)cc(Nc2ncc(Cl)c(Nc3ccc(NS(=O)(=O)C4CC4)cc3C)n2)cc1Cl. The Morgan fingerprint density at radius 1 is 1.00 bits per heavy atom. The average molecular weight is 508 g/mol. The normalized spacial score (nSPS) is 13.5. The molecule has 1 aliphatic carbocycles. The molecule has 174 valence electrons. The maximum absolute atomic E-state index is 12.2. The van der Waals surface area contributed by atoms with Crippen LogP contribution < -0.4 is 20.1 Å². The van der Waals surface area contributed by atoms with Crippen molar-refractivity contribution in [2.45, 2.75) is 31.9 Å². The van der Waals surface area contributed by atoms with Gasteiger partial charge in [-0.1, -0.05) is 23.2 Å². The van der Waals surface area contributed by atoms with Gasteiger partial charge in [-0.2, -0.15) is 4.98 Å². The molecule has 3 N–H and O–H groups in total. The van der Waals surface area contributed by atoms with Crippen LogP contribution in [0.2, 0.25) is 10.0 Å². The first-order valence-corrected chi connectivity index (χ1v) is 12.5. The third-order valence-corrected chi connectivity index (χ3v) is 7.56. The minimum absolute atomic E-state index is 0.286. The van der Waals surface area contributed by atoms with E-state index in [1.54, 1.807) is 31.4 Å². The van der Waals surface area contributed by atoms with Crippen molar-refractivity contribution in [3.05, 3.63) is 57.7 Å². The lowest BCUT2D eigenvalue weighted by atomic mass is 10.2. The molecular formula is C22H23Cl2N5O3S. The summed E-state index contributed by atoms with van der Waals surface area (Å²) in [6.45, 7) is 3.76. The molecule has 11 heteroatoms. The largest absolute Gasteiger partial charge is 0.495 e. The lowest BCUT2D eigenvalue weighted by Crippen LogP contribution is -2.17. The molecule has 0 atom stereocenters. The molecule has 0 spiro atoms. The third-order valence-electron chi connectivity index (χ3n) is 5.14. The summed E-state index contributed by atoms with van der Waals surface area (Å²) in [5, 5.41) is 6.83. The number of hydrogen-bond donors (Lipinski definition) is 3. The summed E-state index contributed by atoms with van der Waals surface area (Å²) in [7, 11) is -1.75. The summed E-state index contributed by atoms with van der Waals surface area (Å²) in [5.74, 6) is 1.34. The lowest BCUT2D eigenvalue weighted by molar-refractivity contribution is 0.412. The maximum Gasteiger partial charge on any atom is 0.235 e. The quantitative estimate of drug-likeness (QED) is 0.353. The fourth-order valence-electron chi connectivity index (χ4n) is 3.33. The van der Waals surface area contributed by atoms with E-state index >= 15 is 0 Å². The summed E-state index contributed by atoms with van der Waals surface area (Å²) < 4.78 is 32.3. The van der Waals surface area contributed by atoms with Crippen molar-refractivity contribution in [1.29, 1.82) is 0 Å². The first-order valence-electron chi connectivity index (χ1n) is 10.2. The first-order chi connectivity index (χ1) is 15.7. The number of nitrogens with zero attached hydrogens (tertiary/aromatic N) is 2. The summed E-state index contributed by atoms with van der Waals surface area (Å²) in [5.41, 5.74) is 3.66. The third kappa shape index (κ3) is 5.43. The monoisotopic (exact) mass is 507 g/mol. The van der Waals surface area contributed by atoms with Crippen LogP contribution in [-0.4, -0.2) is 30.7 Å². The van der Waals surface area contributed by atoms with E-state index in [0.717, 1.165) is 16.8 Å². The summed E-state index contributed by atoms with van der Waals surface area (Å²) in [6, 6.07) is 8.84. The topological polar surface area (TPSA) is 105 Å². The Bertz CT molecular complexity index is 1290. The van der Waals surface area contributed by atoms with Crippen molar-refractivity contribution in [2.24, 2.45) is 0 Å². The van der Waals surface area contributed by atoms with E-state index in [0.29, 0.717) is 51.8 Å². The summed E-state index contributed by atoms with van der Waals surface area (Å²) in [4.78, 5) is 8.70. The van der Waals surface area contributed by atoms with E-state index in [4.69, 9.17) is 27.9 Å². The predicted octanol–water partition coefficient (Wildman–Crippen LogP) is 5.80. The van der Waals surface area contributed by atoms with Gasteiger partial charge in [0.25, 0.3) is 0 Å². The minimum Gasteiger partial charge on any atom is -0.495 e. The molecule has 8 nitrogen and oxygen atoms in total. The molecule has 1 saturated carbocycles. The van der Waals surface area contributed by atoms with E-state index in [1.807, 2.05) is 19.9 Å². The number of benzene rings is 2. The van der Waals surface area contributed by atoms with Crippen LogP contribution in [-0.2, 0) is 10.0 Å². The zero-order valence-corrected chi connectivity index (χ0v) is 20.6. The van der Waals surface area contributed by atoms with Gasteiger partial charge in [-0.05, 0) is 68.1 Å². The number of halogens is 2. The number of methoxy groups -OCH3 is 1. The Kier molecular flexibility index (Phi) is 6.56. The van der Waals surface area contributed by atoms with E-state index in [9.17, 15) is 8.42 Å². The first kappa shape index (κ1) is 23.4. The molecule has 2 aromatic carbocycles. The fraction of sp³-hybridized carbons (Fsp3) is 0.273. The van der Waals surface area contributed by atoms with Crippen molar-refractivity contribution in [3.8, 4) is 5.75 Å². The second kappa shape index (κ2) is 9.24. The van der Waals surface area contributed by atoms with E-state index in [2.05, 4.69) is 25.3 Å². The molecule has 0 amide bonds. The van der Waals surface area contributed by atoms with Crippen molar-refractivity contribution >= 4 is 62.1 Å². The molecular weight excluding hydrogens is 485 g/mol. The smallest absolute Gasteiger partial charge is 0.235 e. The van der Waals surface area contributed by atoms with Gasteiger partial charge < -0.3 is 15.4 Å². The molecule has 3 aromatic rings. The molecule has 0 saturated heterocycles. The van der Waals surface area contributed by atoms with Crippen molar-refractivity contribution in [3.63, 3.8) is 0 Å². The summed E-state index contributed by atoms with van der Waals surface area (Å²) in [6.07, 6.45) is 2.91. The van der Waals surface area contributed by atoms with Gasteiger partial charge in [0.1, 0.15) is 10.8 Å². The van der Waals surface area contributed by atoms with E-state index in [-0.39, 0.29) is 5.25 Å². The van der Waals surface area contributed by atoms with Gasteiger partial charge in [-0.3, -0.25) is 4.72 Å². The number of aromatic nitrogens is 2. The molecule has 0 radical (unpaired) electrons. The highest BCUT2D eigenvalue weighted by Gasteiger charge is 2.35. The molecule has 0 bridgehead atoms. The van der Waals surface area contributed by atoms with Crippen LogP contribution in [0.1, 0.15) is 24.0 Å². The highest BCUT2D eigenvalue weighted by Crippen LogP contribution is 2.34. The van der Waals surface area contributed by atoms with Crippen LogP contribution in [0.4, 0.5) is 28.8 Å². The molecule has 1 heterocycles. The van der Waals surface area contributed by atoms with Gasteiger partial charge in [0.2, 0.25) is 16.0 Å². The van der Waals surface area contributed by atoms with Crippen LogP contribution >= 0.6 is 23.2 Å². The Morgan fingerprint density at radius 2 is 1.73 bits per heavy atom. The Labute approximate surface area is 202 Å². The number of rotatable bonds is 8. The number of ether oxygens (including phenoxy) is 1. The summed E-state index contributed by atoms with van der Waals surface area (Å²) >= 11 is 12.6. The highest BCUT2D eigenvalue weighted by molar-refractivity contribution is 7.93. The highest BCUT2D eigenvalue weighted by atomic mass is 35.5. The van der Waals surface area contributed by atoms with Gasteiger partial charge >= 0.3 is 0 Å². The van der Waals surface area contributed by atoms with E-state index in [1.165, 1.54) is 6.20 Å². The van der Waals surface area contributed by atoms with Crippen LogP contribution in [0.25, 0.3) is 0 Å². The van der Waals surface area contributed by atoms with Gasteiger partial charge in [-0.15, -0.1) is 0 Å². The predicted molar refractivity (Wildman–Crippen MR) is 133 cm³/mol. The molecule has 1 fully saturated rings. The van der Waals surface area contributed by atoms with Gasteiger partial charge in [0, 0.05) is 17.1 Å². The van der Waals surface area contributed by atoms with E-state index < -0.39 is 10.0 Å². The molecule has 33 heavy (non-hydrogen) atoms. The standard InChI is InChI=1S/C22H23Cl2N5O3S/c1-12-8-14(29-33(30,31)16-5-6-16)4-7-19(12)27-21-18(24)11-25-22(28-21)26-15-9-13(2)20(32-3)17(23)10-15/h4,7-11,16,29H,5-6H2,1-3H3,(H2,25,26,27,28). The van der Waals surface area contributed by atoms with Crippen LogP contribution in [0.5, 0.6) is 5.75 Å². The fourth-order valence-corrected chi connectivity index (χ4v) is 5.19. The van der Waals surface area contributed by atoms with Crippen LogP contribution in [0.15, 0.2) is 36.5 Å². The van der Waals surface area contributed by atoms with Crippen LogP contribution in [0.3, 0.4) is 0 Å². The zero-order chi connectivity index (χ0) is 23.8. The van der Waals surface area contributed by atoms with Crippen molar-refractivity contribution in [1.82, 2.24) is 9.97 Å². The Hall–Kier alpha value is -2.75. The lowest BCUT2D eigenvalue weighted by Gasteiger charge is -2.14. The Morgan fingerprint density at radius 3 is 2.36 bits per heavy atom.